The molecular weight excluding hydrogens is 226 g/mol. The number of nitrogens with two attached hydrogens (primary N) is 1. The topological polar surface area (TPSA) is 58.4 Å². The van der Waals surface area contributed by atoms with Gasteiger partial charge in [0.2, 0.25) is 5.91 Å². The molecule has 0 spiro atoms. The van der Waals surface area contributed by atoms with Crippen molar-refractivity contribution in [2.45, 2.75) is 19.4 Å². The Kier molecular flexibility index (Phi) is 4.20. The molecule has 1 aliphatic heterocycles. The molecule has 2 rings (SSSR count). The Morgan fingerprint density at radius 2 is 2.06 bits per heavy atom. The Bertz CT molecular complexity index is 411. The average Bonchev–Trinajstić information content (AvgIpc) is 2.41. The highest BCUT2D eigenvalue weighted by Gasteiger charge is 2.24. The number of nitrogens with one attached hydrogen (secondary N) is 1. The van der Waals surface area contributed by atoms with Crippen LogP contribution in [0.25, 0.3) is 0 Å². The molecule has 1 saturated heterocycles. The molecule has 18 heavy (non-hydrogen) atoms. The molecule has 4 heteroatoms. The number of para-hydroxylation sites is 1. The lowest BCUT2D eigenvalue weighted by atomic mass is 9.95. The molecule has 0 bridgehead atoms. The van der Waals surface area contributed by atoms with Gasteiger partial charge < -0.3 is 11.1 Å². The number of amides is 1. The van der Waals surface area contributed by atoms with E-state index in [1.54, 1.807) is 7.05 Å². The van der Waals surface area contributed by atoms with Crippen molar-refractivity contribution in [1.29, 1.82) is 0 Å². The zero-order valence-electron chi connectivity index (χ0n) is 10.9. The third-order valence-corrected chi connectivity index (χ3v) is 3.65. The predicted molar refractivity (Wildman–Crippen MR) is 72.9 cm³/mol. The van der Waals surface area contributed by atoms with Crippen LogP contribution in [0.15, 0.2) is 24.3 Å². The van der Waals surface area contributed by atoms with Crippen LogP contribution in [0, 0.1) is 5.92 Å². The van der Waals surface area contributed by atoms with Crippen LogP contribution in [0.2, 0.25) is 0 Å². The number of nitrogen functional groups attached to an aromatic ring is 1. The Balaban J connectivity index is 1.87. The molecule has 0 aromatic heterocycles. The first-order valence-corrected chi connectivity index (χ1v) is 6.48. The summed E-state index contributed by atoms with van der Waals surface area (Å²) < 4.78 is 0. The van der Waals surface area contributed by atoms with Gasteiger partial charge >= 0.3 is 0 Å². The Labute approximate surface area is 108 Å². The van der Waals surface area contributed by atoms with Crippen molar-refractivity contribution in [1.82, 2.24) is 10.2 Å². The molecule has 1 amide bonds. The van der Waals surface area contributed by atoms with E-state index in [2.05, 4.69) is 16.3 Å². The third-order valence-electron chi connectivity index (χ3n) is 3.65. The quantitative estimate of drug-likeness (QED) is 0.790. The number of benzene rings is 1. The molecule has 0 saturated carbocycles. The van der Waals surface area contributed by atoms with E-state index in [4.69, 9.17) is 5.73 Å². The zero-order valence-corrected chi connectivity index (χ0v) is 10.9. The summed E-state index contributed by atoms with van der Waals surface area (Å²) in [6.45, 7) is 2.81. The maximum atomic E-state index is 11.5. The molecule has 0 radical (unpaired) electrons. The molecule has 0 atom stereocenters. The lowest BCUT2D eigenvalue weighted by molar-refractivity contribution is -0.125. The fourth-order valence-corrected chi connectivity index (χ4v) is 2.48. The van der Waals surface area contributed by atoms with Gasteiger partial charge in [0.05, 0.1) is 0 Å². The van der Waals surface area contributed by atoms with Gasteiger partial charge in [-0.25, -0.2) is 0 Å². The molecule has 0 unspecified atom stereocenters. The monoisotopic (exact) mass is 247 g/mol. The Morgan fingerprint density at radius 1 is 1.39 bits per heavy atom. The summed E-state index contributed by atoms with van der Waals surface area (Å²) in [5.41, 5.74) is 7.97. The summed E-state index contributed by atoms with van der Waals surface area (Å²) in [6, 6.07) is 7.98. The summed E-state index contributed by atoms with van der Waals surface area (Å²) in [6.07, 6.45) is 1.87. The van der Waals surface area contributed by atoms with Gasteiger partial charge in [-0.1, -0.05) is 18.2 Å². The summed E-state index contributed by atoms with van der Waals surface area (Å²) >= 11 is 0. The molecule has 1 aromatic rings. The number of rotatable bonds is 3. The number of piperidine rings is 1. The number of carbonyl (C=O) groups is 1. The molecule has 1 fully saturated rings. The number of hydrogen-bond donors (Lipinski definition) is 2. The molecule has 1 aliphatic rings. The van der Waals surface area contributed by atoms with Gasteiger partial charge in [-0.2, -0.15) is 0 Å². The van der Waals surface area contributed by atoms with Gasteiger partial charge in [-0.05, 0) is 37.6 Å². The van der Waals surface area contributed by atoms with E-state index in [1.165, 1.54) is 5.56 Å². The first-order chi connectivity index (χ1) is 8.70. The summed E-state index contributed by atoms with van der Waals surface area (Å²) in [5, 5.41) is 2.73. The van der Waals surface area contributed by atoms with Crippen molar-refractivity contribution >= 4 is 11.6 Å². The van der Waals surface area contributed by atoms with E-state index in [0.29, 0.717) is 0 Å². The van der Waals surface area contributed by atoms with Crippen molar-refractivity contribution in [3.05, 3.63) is 29.8 Å². The molecule has 0 aliphatic carbocycles. The van der Waals surface area contributed by atoms with Crippen LogP contribution in [-0.4, -0.2) is 30.9 Å². The Hall–Kier alpha value is -1.55. The highest BCUT2D eigenvalue weighted by molar-refractivity contribution is 5.78. The second-order valence-corrected chi connectivity index (χ2v) is 4.86. The largest absolute Gasteiger partial charge is 0.398 e. The average molecular weight is 247 g/mol. The van der Waals surface area contributed by atoms with Crippen molar-refractivity contribution in [3.63, 3.8) is 0 Å². The third kappa shape index (κ3) is 3.01. The number of likely N-dealkylation sites (tertiary alicyclic amines) is 1. The van der Waals surface area contributed by atoms with Crippen LogP contribution in [0.3, 0.4) is 0 Å². The van der Waals surface area contributed by atoms with Gasteiger partial charge in [0, 0.05) is 25.2 Å². The SMILES string of the molecule is CNC(=O)C1CCN(Cc2ccccc2N)CC1. The predicted octanol–water partition coefficient (Wildman–Crippen LogP) is 1.23. The first kappa shape index (κ1) is 12.9. The summed E-state index contributed by atoms with van der Waals surface area (Å²) in [4.78, 5) is 13.9. The molecule has 98 valence electrons. The smallest absolute Gasteiger partial charge is 0.222 e. The second-order valence-electron chi connectivity index (χ2n) is 4.86. The van der Waals surface area contributed by atoms with Crippen molar-refractivity contribution < 1.29 is 4.79 Å². The molecule has 4 nitrogen and oxygen atoms in total. The van der Waals surface area contributed by atoms with E-state index < -0.39 is 0 Å². The lowest BCUT2D eigenvalue weighted by Gasteiger charge is -2.31. The molecule has 1 aromatic carbocycles. The van der Waals surface area contributed by atoms with Crippen LogP contribution in [0.1, 0.15) is 18.4 Å². The minimum absolute atomic E-state index is 0.175. The van der Waals surface area contributed by atoms with E-state index in [-0.39, 0.29) is 11.8 Å². The van der Waals surface area contributed by atoms with Crippen molar-refractivity contribution in [2.75, 3.05) is 25.9 Å². The number of carbonyl (C=O) groups excluding carboxylic acids is 1. The second kappa shape index (κ2) is 5.87. The van der Waals surface area contributed by atoms with Crippen molar-refractivity contribution in [3.8, 4) is 0 Å². The van der Waals surface area contributed by atoms with Crippen LogP contribution < -0.4 is 11.1 Å². The minimum Gasteiger partial charge on any atom is -0.398 e. The van der Waals surface area contributed by atoms with Crippen LogP contribution >= 0.6 is 0 Å². The van der Waals surface area contributed by atoms with Crippen LogP contribution in [0.4, 0.5) is 5.69 Å². The van der Waals surface area contributed by atoms with Gasteiger partial charge in [-0.3, -0.25) is 9.69 Å². The molecular formula is C14H21N3O. The summed E-state index contributed by atoms with van der Waals surface area (Å²) in [7, 11) is 1.71. The normalized spacial score (nSPS) is 17.6. The highest BCUT2D eigenvalue weighted by atomic mass is 16.1. The van der Waals surface area contributed by atoms with Gasteiger partial charge in [0.25, 0.3) is 0 Å². The summed E-state index contributed by atoms with van der Waals surface area (Å²) in [5.74, 6) is 0.355. The lowest BCUT2D eigenvalue weighted by Crippen LogP contribution is -2.39. The fraction of sp³-hybridized carbons (Fsp3) is 0.500. The number of anilines is 1. The maximum absolute atomic E-state index is 11.5. The fourth-order valence-electron chi connectivity index (χ4n) is 2.48. The van der Waals surface area contributed by atoms with Crippen LogP contribution in [0.5, 0.6) is 0 Å². The highest BCUT2D eigenvalue weighted by Crippen LogP contribution is 2.20. The number of hydrogen-bond acceptors (Lipinski definition) is 3. The van der Waals surface area contributed by atoms with E-state index >= 15 is 0 Å². The molecule has 1 heterocycles. The van der Waals surface area contributed by atoms with Gasteiger partial charge in [0.15, 0.2) is 0 Å². The van der Waals surface area contributed by atoms with Gasteiger partial charge in [0.1, 0.15) is 0 Å². The van der Waals surface area contributed by atoms with Gasteiger partial charge in [-0.15, -0.1) is 0 Å². The first-order valence-electron chi connectivity index (χ1n) is 6.48. The zero-order chi connectivity index (χ0) is 13.0. The Morgan fingerprint density at radius 3 is 2.67 bits per heavy atom. The van der Waals surface area contributed by atoms with Crippen LogP contribution in [-0.2, 0) is 11.3 Å². The number of nitrogens with zero attached hydrogens (tertiary/aromatic N) is 1. The van der Waals surface area contributed by atoms with Crippen molar-refractivity contribution in [2.24, 2.45) is 5.92 Å². The minimum atomic E-state index is 0.175. The maximum Gasteiger partial charge on any atom is 0.222 e. The van der Waals surface area contributed by atoms with E-state index in [1.807, 2.05) is 18.2 Å². The standard InChI is InChI=1S/C14H21N3O/c1-16-14(18)11-6-8-17(9-7-11)10-12-4-2-3-5-13(12)15/h2-5,11H,6-10,15H2,1H3,(H,16,18). The molecule has 3 N–H and O–H groups in total. The van der Waals surface area contributed by atoms with E-state index in [0.717, 1.165) is 38.2 Å². The van der Waals surface area contributed by atoms with E-state index in [9.17, 15) is 4.79 Å².